The van der Waals surface area contributed by atoms with E-state index in [9.17, 15) is 0 Å². The number of hydrogen-bond donors (Lipinski definition) is 2. The first-order valence-corrected chi connectivity index (χ1v) is 8.35. The minimum Gasteiger partial charge on any atom is -0.379 e. The fourth-order valence-electron chi connectivity index (χ4n) is 2.44. The van der Waals surface area contributed by atoms with E-state index in [-0.39, 0.29) is 0 Å². The zero-order chi connectivity index (χ0) is 16.8. The lowest BCUT2D eigenvalue weighted by molar-refractivity contribution is 0.0337. The van der Waals surface area contributed by atoms with Gasteiger partial charge in [0.2, 0.25) is 0 Å². The third-order valence-electron chi connectivity index (χ3n) is 3.62. The number of nitrogens with zero attached hydrogens (tertiary/aromatic N) is 5. The van der Waals surface area contributed by atoms with Crippen molar-refractivity contribution in [3.05, 3.63) is 30.6 Å². The van der Waals surface area contributed by atoms with Crippen LogP contribution >= 0.6 is 12.2 Å². The van der Waals surface area contributed by atoms with E-state index in [2.05, 4.69) is 30.5 Å². The Morgan fingerprint density at radius 2 is 2.12 bits per heavy atom. The van der Waals surface area contributed by atoms with Crippen molar-refractivity contribution in [2.24, 2.45) is 0 Å². The summed E-state index contributed by atoms with van der Waals surface area (Å²) in [5, 5.41) is 6.61. The molecule has 0 bridgehead atoms. The first kappa shape index (κ1) is 16.7. The summed E-state index contributed by atoms with van der Waals surface area (Å²) < 4.78 is 7.26. The standard InChI is InChI=1S/C15H21N7OS/c1-2-16-15(24)20-13-7-14(18-10-17-13)22-9-12(19-11-22)8-21-3-5-23-6-4-21/h7,9-11H,2-6,8H2,1H3,(H2,16,17,18,20,24). The Kier molecular flexibility index (Phi) is 5.68. The Morgan fingerprint density at radius 1 is 1.29 bits per heavy atom. The van der Waals surface area contributed by atoms with Crippen LogP contribution in [0.15, 0.2) is 24.9 Å². The van der Waals surface area contributed by atoms with Gasteiger partial charge in [0.1, 0.15) is 24.3 Å². The molecule has 1 fully saturated rings. The maximum Gasteiger partial charge on any atom is 0.171 e. The molecule has 2 aromatic heterocycles. The molecule has 0 aliphatic carbocycles. The van der Waals surface area contributed by atoms with Crippen molar-refractivity contribution in [2.45, 2.75) is 13.5 Å². The van der Waals surface area contributed by atoms with E-state index in [1.54, 1.807) is 6.33 Å². The number of thiocarbonyl (C=S) groups is 1. The van der Waals surface area contributed by atoms with Crippen LogP contribution in [0.1, 0.15) is 12.6 Å². The molecule has 3 rings (SSSR count). The normalized spacial score (nSPS) is 15.2. The Labute approximate surface area is 146 Å². The summed E-state index contributed by atoms with van der Waals surface area (Å²) in [7, 11) is 0. The number of morpholine rings is 1. The largest absolute Gasteiger partial charge is 0.379 e. The fraction of sp³-hybridized carbons (Fsp3) is 0.467. The molecule has 0 saturated carbocycles. The molecular formula is C15H21N7OS. The van der Waals surface area contributed by atoms with Crippen molar-refractivity contribution in [2.75, 3.05) is 38.2 Å². The molecule has 0 unspecified atom stereocenters. The molecule has 0 amide bonds. The van der Waals surface area contributed by atoms with E-state index in [0.29, 0.717) is 10.9 Å². The van der Waals surface area contributed by atoms with E-state index in [1.165, 1.54) is 6.33 Å². The van der Waals surface area contributed by atoms with Crippen LogP contribution in [-0.4, -0.2) is 62.4 Å². The minimum absolute atomic E-state index is 0.542. The first-order valence-electron chi connectivity index (χ1n) is 7.95. The van der Waals surface area contributed by atoms with E-state index >= 15 is 0 Å². The molecule has 8 nitrogen and oxygen atoms in total. The summed E-state index contributed by atoms with van der Waals surface area (Å²) in [5.41, 5.74) is 1.01. The van der Waals surface area contributed by atoms with Crippen molar-refractivity contribution in [1.82, 2.24) is 29.7 Å². The van der Waals surface area contributed by atoms with Crippen LogP contribution < -0.4 is 10.6 Å². The smallest absolute Gasteiger partial charge is 0.171 e. The molecule has 9 heteroatoms. The number of aromatic nitrogens is 4. The lowest BCUT2D eigenvalue weighted by atomic mass is 10.3. The van der Waals surface area contributed by atoms with E-state index in [0.717, 1.165) is 50.9 Å². The molecule has 1 saturated heterocycles. The molecule has 0 spiro atoms. The highest BCUT2D eigenvalue weighted by molar-refractivity contribution is 7.80. The van der Waals surface area contributed by atoms with Crippen molar-refractivity contribution in [3.63, 3.8) is 0 Å². The summed E-state index contributed by atoms with van der Waals surface area (Å²) in [6, 6.07) is 1.84. The van der Waals surface area contributed by atoms with Gasteiger partial charge in [0.15, 0.2) is 5.11 Å². The zero-order valence-electron chi connectivity index (χ0n) is 13.6. The van der Waals surface area contributed by atoms with Gasteiger partial charge in [0.25, 0.3) is 0 Å². The predicted molar refractivity (Wildman–Crippen MR) is 95.1 cm³/mol. The molecule has 24 heavy (non-hydrogen) atoms. The molecule has 0 radical (unpaired) electrons. The van der Waals surface area contributed by atoms with Crippen LogP contribution in [0.5, 0.6) is 0 Å². The molecule has 2 aromatic rings. The van der Waals surface area contributed by atoms with Gasteiger partial charge in [-0.25, -0.2) is 15.0 Å². The quantitative estimate of drug-likeness (QED) is 0.769. The molecule has 128 valence electrons. The number of ether oxygens (including phenoxy) is 1. The van der Waals surface area contributed by atoms with Crippen LogP contribution in [0.2, 0.25) is 0 Å². The average Bonchev–Trinajstić information content (AvgIpc) is 3.05. The van der Waals surface area contributed by atoms with Gasteiger partial charge in [-0.2, -0.15) is 0 Å². The molecular weight excluding hydrogens is 326 g/mol. The maximum absolute atomic E-state index is 5.37. The number of anilines is 1. The predicted octanol–water partition coefficient (Wildman–Crippen LogP) is 0.801. The summed E-state index contributed by atoms with van der Waals surface area (Å²) in [5.74, 6) is 1.39. The first-order chi connectivity index (χ1) is 11.7. The molecule has 0 aromatic carbocycles. The molecule has 1 aliphatic heterocycles. The molecule has 2 N–H and O–H groups in total. The van der Waals surface area contributed by atoms with Gasteiger partial charge in [-0.3, -0.25) is 9.47 Å². The Hall–Kier alpha value is -2.10. The van der Waals surface area contributed by atoms with Crippen LogP contribution in [0.4, 0.5) is 5.82 Å². The summed E-state index contributed by atoms with van der Waals surface area (Å²) in [4.78, 5) is 15.3. The van der Waals surface area contributed by atoms with Crippen molar-refractivity contribution in [3.8, 4) is 5.82 Å². The second-order valence-electron chi connectivity index (χ2n) is 5.41. The van der Waals surface area contributed by atoms with E-state index in [1.807, 2.05) is 23.8 Å². The van der Waals surface area contributed by atoms with Crippen molar-refractivity contribution >= 4 is 23.1 Å². The van der Waals surface area contributed by atoms with Crippen LogP contribution in [-0.2, 0) is 11.3 Å². The molecule has 0 atom stereocenters. The highest BCUT2D eigenvalue weighted by Crippen LogP contribution is 2.11. The van der Waals surface area contributed by atoms with Crippen molar-refractivity contribution in [1.29, 1.82) is 0 Å². The highest BCUT2D eigenvalue weighted by Gasteiger charge is 2.12. The summed E-state index contributed by atoms with van der Waals surface area (Å²) in [6.07, 6.45) is 5.27. The fourth-order valence-corrected chi connectivity index (χ4v) is 2.69. The van der Waals surface area contributed by atoms with Crippen LogP contribution in [0, 0.1) is 0 Å². The number of rotatable bonds is 5. The van der Waals surface area contributed by atoms with Gasteiger partial charge >= 0.3 is 0 Å². The Bertz CT molecular complexity index is 684. The Balaban J connectivity index is 1.67. The second-order valence-corrected chi connectivity index (χ2v) is 5.81. The maximum atomic E-state index is 5.37. The van der Waals surface area contributed by atoms with Gasteiger partial charge in [0, 0.05) is 38.4 Å². The zero-order valence-corrected chi connectivity index (χ0v) is 14.4. The van der Waals surface area contributed by atoms with E-state index < -0.39 is 0 Å². The van der Waals surface area contributed by atoms with Gasteiger partial charge in [-0.05, 0) is 19.1 Å². The number of imidazole rings is 1. The van der Waals surface area contributed by atoms with Crippen LogP contribution in [0.25, 0.3) is 5.82 Å². The lowest BCUT2D eigenvalue weighted by Crippen LogP contribution is -2.35. The Morgan fingerprint density at radius 3 is 2.92 bits per heavy atom. The topological polar surface area (TPSA) is 80.1 Å². The van der Waals surface area contributed by atoms with Crippen molar-refractivity contribution < 1.29 is 4.74 Å². The number of hydrogen-bond acceptors (Lipinski definition) is 6. The average molecular weight is 347 g/mol. The molecule has 3 heterocycles. The van der Waals surface area contributed by atoms with Gasteiger partial charge in [-0.1, -0.05) is 0 Å². The van der Waals surface area contributed by atoms with Gasteiger partial charge in [0.05, 0.1) is 18.9 Å². The lowest BCUT2D eigenvalue weighted by Gasteiger charge is -2.25. The summed E-state index contributed by atoms with van der Waals surface area (Å²) in [6.45, 7) is 7.02. The third-order valence-corrected chi connectivity index (χ3v) is 3.87. The molecule has 1 aliphatic rings. The second kappa shape index (κ2) is 8.13. The number of nitrogens with one attached hydrogen (secondary N) is 2. The van der Waals surface area contributed by atoms with Crippen LogP contribution in [0.3, 0.4) is 0 Å². The highest BCUT2D eigenvalue weighted by atomic mass is 32.1. The SMILES string of the molecule is CCNC(=S)Nc1cc(-n2cnc(CN3CCOCC3)c2)ncn1. The summed E-state index contributed by atoms with van der Waals surface area (Å²) >= 11 is 5.17. The van der Waals surface area contributed by atoms with Gasteiger partial charge in [-0.15, -0.1) is 0 Å². The minimum atomic E-state index is 0.542. The van der Waals surface area contributed by atoms with Gasteiger partial charge < -0.3 is 15.4 Å². The third kappa shape index (κ3) is 4.47. The van der Waals surface area contributed by atoms with E-state index in [4.69, 9.17) is 17.0 Å². The monoisotopic (exact) mass is 347 g/mol.